The molecule has 5 heteroatoms. The molecule has 0 aliphatic rings. The standard InChI is InChI=1S/C12H13BrN2O2/c1-3-8-6-9(15(2)14-8)7-10(16)11-4-5-12(13)17-11/h4-6H,3,7H2,1-2H3. The third-order valence-electron chi connectivity index (χ3n) is 2.58. The van der Waals surface area contributed by atoms with Gasteiger partial charge in [0.1, 0.15) is 0 Å². The Morgan fingerprint density at radius 3 is 2.82 bits per heavy atom. The van der Waals surface area contributed by atoms with Crippen LogP contribution in [0.3, 0.4) is 0 Å². The van der Waals surface area contributed by atoms with E-state index in [0.29, 0.717) is 16.9 Å². The topological polar surface area (TPSA) is 48.0 Å². The van der Waals surface area contributed by atoms with Gasteiger partial charge in [0.2, 0.25) is 5.78 Å². The Hall–Kier alpha value is -1.36. The van der Waals surface area contributed by atoms with E-state index < -0.39 is 0 Å². The summed E-state index contributed by atoms with van der Waals surface area (Å²) >= 11 is 3.18. The quantitative estimate of drug-likeness (QED) is 0.815. The first-order chi connectivity index (χ1) is 8.10. The number of rotatable bonds is 4. The predicted octanol–water partition coefficient (Wildman–Crippen LogP) is 2.76. The summed E-state index contributed by atoms with van der Waals surface area (Å²) in [6.45, 7) is 2.04. The van der Waals surface area contributed by atoms with Crippen molar-refractivity contribution in [2.24, 2.45) is 7.05 Å². The van der Waals surface area contributed by atoms with E-state index in [1.165, 1.54) is 0 Å². The molecular formula is C12H13BrN2O2. The Balaban J connectivity index is 2.15. The van der Waals surface area contributed by atoms with E-state index in [1.807, 2.05) is 20.0 Å². The molecule has 0 aromatic carbocycles. The highest BCUT2D eigenvalue weighted by Crippen LogP contribution is 2.16. The van der Waals surface area contributed by atoms with Crippen LogP contribution in [0.25, 0.3) is 0 Å². The number of ketones is 1. The van der Waals surface area contributed by atoms with Gasteiger partial charge in [0.15, 0.2) is 10.4 Å². The van der Waals surface area contributed by atoms with Crippen molar-refractivity contribution in [2.75, 3.05) is 0 Å². The van der Waals surface area contributed by atoms with Crippen LogP contribution in [0.2, 0.25) is 0 Å². The Labute approximate surface area is 108 Å². The highest BCUT2D eigenvalue weighted by molar-refractivity contribution is 9.10. The molecule has 0 amide bonds. The van der Waals surface area contributed by atoms with Gasteiger partial charge in [0.05, 0.1) is 12.1 Å². The van der Waals surface area contributed by atoms with E-state index in [2.05, 4.69) is 21.0 Å². The molecule has 0 aliphatic carbocycles. The molecule has 90 valence electrons. The van der Waals surface area contributed by atoms with Crippen LogP contribution in [-0.2, 0) is 19.9 Å². The third-order valence-corrected chi connectivity index (χ3v) is 3.01. The summed E-state index contributed by atoms with van der Waals surface area (Å²) in [5, 5.41) is 4.31. The molecule has 0 N–H and O–H groups in total. The van der Waals surface area contributed by atoms with Crippen LogP contribution in [0.1, 0.15) is 28.9 Å². The van der Waals surface area contributed by atoms with Gasteiger partial charge in [-0.1, -0.05) is 6.92 Å². The van der Waals surface area contributed by atoms with E-state index in [0.717, 1.165) is 17.8 Å². The van der Waals surface area contributed by atoms with Crippen molar-refractivity contribution in [3.05, 3.63) is 40.0 Å². The highest BCUT2D eigenvalue weighted by Gasteiger charge is 2.14. The average Bonchev–Trinajstić information content (AvgIpc) is 2.86. The fourth-order valence-electron chi connectivity index (χ4n) is 1.63. The molecule has 0 bridgehead atoms. The predicted molar refractivity (Wildman–Crippen MR) is 67.0 cm³/mol. The van der Waals surface area contributed by atoms with E-state index in [4.69, 9.17) is 4.42 Å². The van der Waals surface area contributed by atoms with Crippen LogP contribution in [0, 0.1) is 0 Å². The molecule has 17 heavy (non-hydrogen) atoms. The second-order valence-corrected chi connectivity index (χ2v) is 4.59. The zero-order valence-corrected chi connectivity index (χ0v) is 11.3. The van der Waals surface area contributed by atoms with Crippen LogP contribution >= 0.6 is 15.9 Å². The Morgan fingerprint density at radius 2 is 2.29 bits per heavy atom. The van der Waals surface area contributed by atoms with Crippen LogP contribution in [-0.4, -0.2) is 15.6 Å². The second kappa shape index (κ2) is 4.87. The van der Waals surface area contributed by atoms with Gasteiger partial charge in [-0.25, -0.2) is 0 Å². The minimum atomic E-state index is -0.0404. The summed E-state index contributed by atoms with van der Waals surface area (Å²) in [6.07, 6.45) is 1.18. The number of carbonyl (C=O) groups excluding carboxylic acids is 1. The molecular weight excluding hydrogens is 284 g/mol. The number of Topliss-reactive ketones (excluding diaryl/α,β-unsaturated/α-hetero) is 1. The summed E-state index contributed by atoms with van der Waals surface area (Å²) in [6, 6.07) is 5.34. The van der Waals surface area contributed by atoms with Gasteiger partial charge in [-0.15, -0.1) is 0 Å². The van der Waals surface area contributed by atoms with Gasteiger partial charge in [-0.2, -0.15) is 5.10 Å². The summed E-state index contributed by atoms with van der Waals surface area (Å²) in [4.78, 5) is 11.9. The van der Waals surface area contributed by atoms with Crippen LogP contribution in [0.5, 0.6) is 0 Å². The number of furan rings is 1. The van der Waals surface area contributed by atoms with Crippen molar-refractivity contribution >= 4 is 21.7 Å². The largest absolute Gasteiger partial charge is 0.446 e. The summed E-state index contributed by atoms with van der Waals surface area (Å²) in [7, 11) is 1.85. The number of halogens is 1. The van der Waals surface area contributed by atoms with Crippen molar-refractivity contribution in [2.45, 2.75) is 19.8 Å². The van der Waals surface area contributed by atoms with Crippen molar-refractivity contribution in [1.29, 1.82) is 0 Å². The molecule has 2 heterocycles. The average molecular weight is 297 g/mol. The summed E-state index contributed by atoms with van der Waals surface area (Å²) in [5.74, 6) is 0.331. The SMILES string of the molecule is CCc1cc(CC(=O)c2ccc(Br)o2)n(C)n1. The number of hydrogen-bond donors (Lipinski definition) is 0. The summed E-state index contributed by atoms with van der Waals surface area (Å²) in [5.41, 5.74) is 1.90. The van der Waals surface area contributed by atoms with Gasteiger partial charge in [0.25, 0.3) is 0 Å². The number of aromatic nitrogens is 2. The van der Waals surface area contributed by atoms with E-state index in [-0.39, 0.29) is 5.78 Å². The zero-order valence-electron chi connectivity index (χ0n) is 9.74. The lowest BCUT2D eigenvalue weighted by molar-refractivity contribution is 0.0963. The van der Waals surface area contributed by atoms with Crippen molar-refractivity contribution < 1.29 is 9.21 Å². The Bertz CT molecular complexity index is 542. The molecule has 2 rings (SSSR count). The molecule has 0 atom stereocenters. The number of nitrogens with zero attached hydrogens (tertiary/aromatic N) is 2. The van der Waals surface area contributed by atoms with E-state index in [1.54, 1.807) is 16.8 Å². The molecule has 0 saturated carbocycles. The minimum absolute atomic E-state index is 0.0404. The molecule has 0 aliphatic heterocycles. The van der Waals surface area contributed by atoms with Gasteiger partial charge in [-0.3, -0.25) is 9.48 Å². The first kappa shape index (κ1) is 12.1. The Morgan fingerprint density at radius 1 is 1.53 bits per heavy atom. The molecule has 0 radical (unpaired) electrons. The number of hydrogen-bond acceptors (Lipinski definition) is 3. The molecule has 0 fully saturated rings. The maximum absolute atomic E-state index is 11.9. The zero-order chi connectivity index (χ0) is 12.4. The van der Waals surface area contributed by atoms with Crippen LogP contribution < -0.4 is 0 Å². The molecule has 0 saturated heterocycles. The first-order valence-electron chi connectivity index (χ1n) is 5.40. The second-order valence-electron chi connectivity index (χ2n) is 3.81. The Kier molecular flexibility index (Phi) is 3.47. The minimum Gasteiger partial charge on any atom is -0.446 e. The van der Waals surface area contributed by atoms with Gasteiger partial charge in [0, 0.05) is 12.7 Å². The normalized spacial score (nSPS) is 10.8. The lowest BCUT2D eigenvalue weighted by Gasteiger charge is -1.98. The molecule has 0 spiro atoms. The van der Waals surface area contributed by atoms with Crippen LogP contribution in [0.15, 0.2) is 27.3 Å². The molecule has 2 aromatic heterocycles. The fraction of sp³-hybridized carbons (Fsp3) is 0.333. The van der Waals surface area contributed by atoms with Crippen LogP contribution in [0.4, 0.5) is 0 Å². The lowest BCUT2D eigenvalue weighted by Crippen LogP contribution is -2.06. The summed E-state index contributed by atoms with van der Waals surface area (Å²) < 4.78 is 7.54. The fourth-order valence-corrected chi connectivity index (χ4v) is 1.93. The molecule has 2 aromatic rings. The van der Waals surface area contributed by atoms with Gasteiger partial charge in [-0.05, 0) is 40.5 Å². The van der Waals surface area contributed by atoms with Crippen molar-refractivity contribution in [3.8, 4) is 0 Å². The smallest absolute Gasteiger partial charge is 0.203 e. The third kappa shape index (κ3) is 2.66. The number of carbonyl (C=O) groups is 1. The maximum atomic E-state index is 11.9. The first-order valence-corrected chi connectivity index (χ1v) is 6.19. The maximum Gasteiger partial charge on any atom is 0.203 e. The lowest BCUT2D eigenvalue weighted by atomic mass is 10.1. The molecule has 0 unspecified atom stereocenters. The monoisotopic (exact) mass is 296 g/mol. The van der Waals surface area contributed by atoms with E-state index in [9.17, 15) is 4.79 Å². The highest BCUT2D eigenvalue weighted by atomic mass is 79.9. The van der Waals surface area contributed by atoms with Crippen molar-refractivity contribution in [3.63, 3.8) is 0 Å². The molecule has 4 nitrogen and oxygen atoms in total. The van der Waals surface area contributed by atoms with E-state index >= 15 is 0 Å². The van der Waals surface area contributed by atoms with Crippen molar-refractivity contribution in [1.82, 2.24) is 9.78 Å². The van der Waals surface area contributed by atoms with Gasteiger partial charge >= 0.3 is 0 Å². The van der Waals surface area contributed by atoms with Gasteiger partial charge < -0.3 is 4.42 Å². The number of aryl methyl sites for hydroxylation is 2.